The van der Waals surface area contributed by atoms with E-state index in [1.165, 1.54) is 0 Å². The minimum atomic E-state index is -2.99. The molecule has 6 nitrogen and oxygen atoms in total. The van der Waals surface area contributed by atoms with Gasteiger partial charge in [0.15, 0.2) is 9.84 Å². The summed E-state index contributed by atoms with van der Waals surface area (Å²) in [7, 11) is -2.99. The van der Waals surface area contributed by atoms with Crippen LogP contribution in [0.1, 0.15) is 47.7 Å². The topological polar surface area (TPSA) is 89.0 Å². The average molecular weight is 315 g/mol. The Hall–Kier alpha value is -1.02. The minimum absolute atomic E-state index is 0.0736. The minimum Gasteiger partial charge on any atom is -0.347 e. The number of carbonyl (C=O) groups is 1. The maximum absolute atomic E-state index is 12.2. The van der Waals surface area contributed by atoms with E-state index in [0.29, 0.717) is 23.7 Å². The molecule has 1 N–H and O–H groups in total. The van der Waals surface area contributed by atoms with Crippen molar-refractivity contribution in [2.75, 3.05) is 5.75 Å². The van der Waals surface area contributed by atoms with Crippen molar-refractivity contribution in [1.82, 2.24) is 14.7 Å². The monoisotopic (exact) mass is 315 g/mol. The fraction of sp³-hybridized carbons (Fsp3) is 0.750. The van der Waals surface area contributed by atoms with Crippen LogP contribution in [0.3, 0.4) is 0 Å². The summed E-state index contributed by atoms with van der Waals surface area (Å²) >= 11 is 1.07. The van der Waals surface area contributed by atoms with Crippen LogP contribution in [0.25, 0.3) is 0 Å². The fourth-order valence-corrected chi connectivity index (χ4v) is 6.01. The lowest BCUT2D eigenvalue weighted by Gasteiger charge is -2.46. The Labute approximate surface area is 122 Å². The number of sulfone groups is 1. The second-order valence-corrected chi connectivity index (χ2v) is 8.92. The molecular weight excluding hydrogens is 298 g/mol. The van der Waals surface area contributed by atoms with E-state index in [-0.39, 0.29) is 17.7 Å². The summed E-state index contributed by atoms with van der Waals surface area (Å²) in [6.45, 7) is 1.74. The van der Waals surface area contributed by atoms with Crippen molar-refractivity contribution in [1.29, 1.82) is 0 Å². The lowest BCUT2D eigenvalue weighted by atomic mass is 9.79. The molecule has 2 fully saturated rings. The molecule has 2 aliphatic rings. The van der Waals surface area contributed by atoms with E-state index in [4.69, 9.17) is 0 Å². The summed E-state index contributed by atoms with van der Waals surface area (Å²) in [5.41, 5.74) is 0. The normalized spacial score (nSPS) is 26.9. The summed E-state index contributed by atoms with van der Waals surface area (Å²) in [6, 6.07) is -0.0736. The van der Waals surface area contributed by atoms with E-state index < -0.39 is 14.6 Å². The van der Waals surface area contributed by atoms with Gasteiger partial charge in [0.25, 0.3) is 5.91 Å². The van der Waals surface area contributed by atoms with Crippen molar-refractivity contribution in [2.45, 2.75) is 49.8 Å². The fourth-order valence-electron chi connectivity index (χ4n) is 3.04. The van der Waals surface area contributed by atoms with Crippen LogP contribution in [0, 0.1) is 6.92 Å². The molecule has 3 rings (SSSR count). The van der Waals surface area contributed by atoms with Crippen molar-refractivity contribution >= 4 is 27.3 Å². The van der Waals surface area contributed by atoms with Crippen molar-refractivity contribution in [3.05, 3.63) is 10.8 Å². The van der Waals surface area contributed by atoms with Gasteiger partial charge in [-0.15, -0.1) is 0 Å². The maximum Gasteiger partial charge on any atom is 0.282 e. The molecule has 8 heteroatoms. The summed E-state index contributed by atoms with van der Waals surface area (Å²) in [6.07, 6.45) is 3.47. The number of nitrogens with one attached hydrogen (secondary N) is 1. The van der Waals surface area contributed by atoms with Crippen LogP contribution in [0.2, 0.25) is 0 Å². The van der Waals surface area contributed by atoms with Gasteiger partial charge < -0.3 is 5.32 Å². The number of aromatic nitrogens is 2. The van der Waals surface area contributed by atoms with E-state index >= 15 is 0 Å². The third kappa shape index (κ3) is 2.24. The molecule has 2 heterocycles. The maximum atomic E-state index is 12.2. The Morgan fingerprint density at radius 1 is 1.45 bits per heavy atom. The first-order valence-corrected chi connectivity index (χ1v) is 9.18. The van der Waals surface area contributed by atoms with Gasteiger partial charge in [-0.25, -0.2) is 13.4 Å². The first kappa shape index (κ1) is 13.9. The molecule has 110 valence electrons. The lowest BCUT2D eigenvalue weighted by Crippen LogP contribution is -2.55. The van der Waals surface area contributed by atoms with Crippen molar-refractivity contribution in [2.24, 2.45) is 0 Å². The number of rotatable bonds is 2. The Kier molecular flexibility index (Phi) is 3.32. The molecule has 1 amide bonds. The molecule has 1 saturated heterocycles. The second-order valence-electron chi connectivity index (χ2n) is 5.67. The highest BCUT2D eigenvalue weighted by molar-refractivity contribution is 7.92. The zero-order valence-corrected chi connectivity index (χ0v) is 12.9. The summed E-state index contributed by atoms with van der Waals surface area (Å²) in [5, 5.41) is 3.26. The predicted octanol–water partition coefficient (Wildman–Crippen LogP) is 1.08. The van der Waals surface area contributed by atoms with Crippen LogP contribution < -0.4 is 5.32 Å². The molecule has 1 aliphatic carbocycles. The average Bonchev–Trinajstić information content (AvgIpc) is 2.76. The quantitative estimate of drug-likeness (QED) is 0.882. The van der Waals surface area contributed by atoms with Crippen LogP contribution in [0.15, 0.2) is 0 Å². The number of hydrogen-bond acceptors (Lipinski definition) is 6. The van der Waals surface area contributed by atoms with Gasteiger partial charge in [0.05, 0.1) is 10.5 Å². The SMILES string of the molecule is Cc1nsc(C(=O)NC2CCS(=O)(=O)C3(CCC3)C2)n1. The Morgan fingerprint density at radius 3 is 2.75 bits per heavy atom. The van der Waals surface area contributed by atoms with Crippen LogP contribution in [-0.4, -0.2) is 40.2 Å². The zero-order chi connectivity index (χ0) is 14.4. The van der Waals surface area contributed by atoms with E-state index in [9.17, 15) is 13.2 Å². The third-order valence-corrected chi connectivity index (χ3v) is 7.81. The number of nitrogens with zero attached hydrogens (tertiary/aromatic N) is 2. The van der Waals surface area contributed by atoms with Gasteiger partial charge in [-0.1, -0.05) is 6.42 Å². The van der Waals surface area contributed by atoms with Gasteiger partial charge >= 0.3 is 0 Å². The van der Waals surface area contributed by atoms with E-state index in [0.717, 1.165) is 30.8 Å². The first-order valence-electron chi connectivity index (χ1n) is 6.75. The van der Waals surface area contributed by atoms with Crippen LogP contribution >= 0.6 is 11.5 Å². The van der Waals surface area contributed by atoms with E-state index in [1.54, 1.807) is 6.92 Å². The van der Waals surface area contributed by atoms with Gasteiger partial charge in [-0.3, -0.25) is 4.79 Å². The van der Waals surface area contributed by atoms with Gasteiger partial charge in [0.1, 0.15) is 5.82 Å². The molecule has 1 aliphatic heterocycles. The van der Waals surface area contributed by atoms with Crippen LogP contribution in [0.5, 0.6) is 0 Å². The third-order valence-electron chi connectivity index (χ3n) is 4.34. The summed E-state index contributed by atoms with van der Waals surface area (Å²) < 4.78 is 27.7. The molecule has 1 aromatic heterocycles. The smallest absolute Gasteiger partial charge is 0.282 e. The standard InChI is InChI=1S/C12H17N3O3S2/c1-8-13-11(19-15-8)10(16)14-9-3-6-20(17,18)12(7-9)4-2-5-12/h9H,2-7H2,1H3,(H,14,16). The number of aryl methyl sites for hydroxylation is 1. The Morgan fingerprint density at radius 2 is 2.20 bits per heavy atom. The highest BCUT2D eigenvalue weighted by Gasteiger charge is 2.52. The molecule has 1 unspecified atom stereocenters. The number of hydrogen-bond donors (Lipinski definition) is 1. The molecule has 1 spiro atoms. The highest BCUT2D eigenvalue weighted by Crippen LogP contribution is 2.46. The molecule has 0 radical (unpaired) electrons. The molecular formula is C12H17N3O3S2. The number of amides is 1. The molecule has 1 saturated carbocycles. The second kappa shape index (κ2) is 4.77. The Bertz CT molecular complexity index is 634. The Balaban J connectivity index is 1.69. The molecule has 1 atom stereocenters. The highest BCUT2D eigenvalue weighted by atomic mass is 32.2. The molecule has 0 aromatic carbocycles. The van der Waals surface area contributed by atoms with Crippen LogP contribution in [-0.2, 0) is 9.84 Å². The van der Waals surface area contributed by atoms with Gasteiger partial charge in [-0.05, 0) is 44.1 Å². The van der Waals surface area contributed by atoms with Crippen molar-refractivity contribution in [3.8, 4) is 0 Å². The van der Waals surface area contributed by atoms with Gasteiger partial charge in [-0.2, -0.15) is 4.37 Å². The summed E-state index contributed by atoms with van der Waals surface area (Å²) in [4.78, 5) is 16.1. The van der Waals surface area contributed by atoms with Crippen molar-refractivity contribution in [3.63, 3.8) is 0 Å². The lowest BCUT2D eigenvalue weighted by molar-refractivity contribution is 0.0923. The zero-order valence-electron chi connectivity index (χ0n) is 11.3. The molecule has 20 heavy (non-hydrogen) atoms. The van der Waals surface area contributed by atoms with Crippen LogP contribution in [0.4, 0.5) is 0 Å². The predicted molar refractivity (Wildman–Crippen MR) is 75.5 cm³/mol. The van der Waals surface area contributed by atoms with Gasteiger partial charge in [0.2, 0.25) is 5.01 Å². The van der Waals surface area contributed by atoms with E-state index in [2.05, 4.69) is 14.7 Å². The van der Waals surface area contributed by atoms with E-state index in [1.807, 2.05) is 0 Å². The van der Waals surface area contributed by atoms with Gasteiger partial charge in [0, 0.05) is 6.04 Å². The molecule has 0 bridgehead atoms. The molecule has 1 aromatic rings. The summed E-state index contributed by atoms with van der Waals surface area (Å²) in [5.74, 6) is 0.517. The first-order chi connectivity index (χ1) is 9.42. The largest absolute Gasteiger partial charge is 0.347 e. The van der Waals surface area contributed by atoms with Crippen molar-refractivity contribution < 1.29 is 13.2 Å². The number of carbonyl (C=O) groups excluding carboxylic acids is 1.